The van der Waals surface area contributed by atoms with Crippen LogP contribution in [0.2, 0.25) is 5.02 Å². The molecule has 0 aliphatic carbocycles. The van der Waals surface area contributed by atoms with Crippen LogP contribution in [0.5, 0.6) is 11.5 Å². The highest BCUT2D eigenvalue weighted by Gasteiger charge is 2.11. The molecule has 24 heavy (non-hydrogen) atoms. The average Bonchev–Trinajstić information content (AvgIpc) is 2.62. The molecule has 5 heteroatoms. The molecule has 4 nitrogen and oxygen atoms in total. The number of benzene rings is 2. The molecule has 2 aromatic carbocycles. The van der Waals surface area contributed by atoms with E-state index in [2.05, 4.69) is 10.3 Å². The second-order valence-electron chi connectivity index (χ2n) is 5.43. The summed E-state index contributed by atoms with van der Waals surface area (Å²) in [7, 11) is 5.13. The van der Waals surface area contributed by atoms with E-state index in [0.717, 1.165) is 39.2 Å². The van der Waals surface area contributed by atoms with Crippen molar-refractivity contribution in [1.29, 1.82) is 0 Å². The molecule has 3 rings (SSSR count). The summed E-state index contributed by atoms with van der Waals surface area (Å²) in [5.74, 6) is 1.36. The standard InChI is InChI=1S/C19H19ClN2O2/c1-21-14-5-4-13(16(20)9-14)8-12-6-7-22-17-11-19(24-3)18(23-2)10-15(12)17/h4-7,9-11,21H,8H2,1-3H3. The molecular formula is C19H19ClN2O2. The molecule has 0 bridgehead atoms. The third-order valence-corrected chi connectivity index (χ3v) is 4.41. The molecule has 1 aromatic heterocycles. The fraction of sp³-hybridized carbons (Fsp3) is 0.211. The van der Waals surface area contributed by atoms with Crippen LogP contribution in [0.4, 0.5) is 5.69 Å². The molecule has 1 N–H and O–H groups in total. The van der Waals surface area contributed by atoms with Crippen LogP contribution in [0.1, 0.15) is 11.1 Å². The lowest BCUT2D eigenvalue weighted by Gasteiger charge is -2.12. The second-order valence-corrected chi connectivity index (χ2v) is 5.83. The van der Waals surface area contributed by atoms with Gasteiger partial charge in [0.1, 0.15) is 0 Å². The minimum Gasteiger partial charge on any atom is -0.493 e. The van der Waals surface area contributed by atoms with Crippen LogP contribution in [0, 0.1) is 0 Å². The van der Waals surface area contributed by atoms with E-state index in [-0.39, 0.29) is 0 Å². The molecular weight excluding hydrogens is 324 g/mol. The van der Waals surface area contributed by atoms with Gasteiger partial charge in [-0.15, -0.1) is 0 Å². The quantitative estimate of drug-likeness (QED) is 0.739. The molecule has 0 unspecified atom stereocenters. The van der Waals surface area contributed by atoms with E-state index >= 15 is 0 Å². The Hall–Kier alpha value is -2.46. The number of nitrogens with zero attached hydrogens (tertiary/aromatic N) is 1. The number of halogens is 1. The monoisotopic (exact) mass is 342 g/mol. The number of aromatic nitrogens is 1. The zero-order chi connectivity index (χ0) is 17.1. The maximum absolute atomic E-state index is 6.42. The number of pyridine rings is 1. The molecule has 0 spiro atoms. The maximum Gasteiger partial charge on any atom is 0.162 e. The summed E-state index contributed by atoms with van der Waals surface area (Å²) < 4.78 is 10.8. The topological polar surface area (TPSA) is 43.4 Å². The molecule has 3 aromatic rings. The van der Waals surface area contributed by atoms with Gasteiger partial charge in [0.15, 0.2) is 11.5 Å². The summed E-state index contributed by atoms with van der Waals surface area (Å²) >= 11 is 6.42. The van der Waals surface area contributed by atoms with Crippen LogP contribution < -0.4 is 14.8 Å². The maximum atomic E-state index is 6.42. The third kappa shape index (κ3) is 3.10. The van der Waals surface area contributed by atoms with Crippen molar-refractivity contribution in [3.05, 3.63) is 58.7 Å². The summed E-state index contributed by atoms with van der Waals surface area (Å²) in [5, 5.41) is 4.87. The molecule has 0 amide bonds. The van der Waals surface area contributed by atoms with Gasteiger partial charge in [0, 0.05) is 35.4 Å². The highest BCUT2D eigenvalue weighted by molar-refractivity contribution is 6.31. The number of nitrogens with one attached hydrogen (secondary N) is 1. The van der Waals surface area contributed by atoms with Gasteiger partial charge in [-0.05, 0) is 41.8 Å². The first kappa shape index (κ1) is 16.4. The van der Waals surface area contributed by atoms with Crippen molar-refractivity contribution in [1.82, 2.24) is 4.98 Å². The first-order valence-corrected chi connectivity index (χ1v) is 8.00. The van der Waals surface area contributed by atoms with Gasteiger partial charge in [-0.25, -0.2) is 0 Å². The van der Waals surface area contributed by atoms with Crippen LogP contribution in [0.15, 0.2) is 42.6 Å². The van der Waals surface area contributed by atoms with Crippen LogP contribution in [-0.4, -0.2) is 26.3 Å². The number of anilines is 1. The fourth-order valence-electron chi connectivity index (χ4n) is 2.74. The van der Waals surface area contributed by atoms with Gasteiger partial charge < -0.3 is 14.8 Å². The predicted molar refractivity (Wildman–Crippen MR) is 98.7 cm³/mol. The third-order valence-electron chi connectivity index (χ3n) is 4.06. The molecule has 0 saturated carbocycles. The lowest BCUT2D eigenvalue weighted by Crippen LogP contribution is -1.96. The van der Waals surface area contributed by atoms with E-state index in [9.17, 15) is 0 Å². The van der Waals surface area contributed by atoms with Gasteiger partial charge in [-0.2, -0.15) is 0 Å². The van der Waals surface area contributed by atoms with E-state index in [0.29, 0.717) is 11.5 Å². The van der Waals surface area contributed by atoms with E-state index in [1.165, 1.54) is 0 Å². The van der Waals surface area contributed by atoms with Crippen molar-refractivity contribution in [3.63, 3.8) is 0 Å². The molecule has 0 radical (unpaired) electrons. The SMILES string of the molecule is CNc1ccc(Cc2ccnc3cc(OC)c(OC)cc23)c(Cl)c1. The number of hydrogen-bond acceptors (Lipinski definition) is 4. The van der Waals surface area contributed by atoms with E-state index in [1.807, 2.05) is 43.4 Å². The molecule has 0 aliphatic heterocycles. The highest BCUT2D eigenvalue weighted by Crippen LogP contribution is 2.34. The van der Waals surface area contributed by atoms with Gasteiger partial charge in [0.2, 0.25) is 0 Å². The molecule has 0 atom stereocenters. The minimum atomic E-state index is 0.672. The Balaban J connectivity index is 2.06. The van der Waals surface area contributed by atoms with Gasteiger partial charge in [0.25, 0.3) is 0 Å². The first-order chi connectivity index (χ1) is 11.7. The normalized spacial score (nSPS) is 10.7. The summed E-state index contributed by atoms with van der Waals surface area (Å²) in [6.07, 6.45) is 2.52. The summed E-state index contributed by atoms with van der Waals surface area (Å²) in [6.45, 7) is 0. The summed E-state index contributed by atoms with van der Waals surface area (Å²) in [4.78, 5) is 4.44. The molecule has 0 saturated heterocycles. The average molecular weight is 343 g/mol. The predicted octanol–water partition coefficient (Wildman–Crippen LogP) is 4.54. The van der Waals surface area contributed by atoms with Crippen molar-refractivity contribution in [3.8, 4) is 11.5 Å². The Morgan fingerprint density at radius 1 is 1.00 bits per heavy atom. The molecule has 124 valence electrons. The van der Waals surface area contributed by atoms with E-state index in [1.54, 1.807) is 20.4 Å². The second kappa shape index (κ2) is 6.97. The van der Waals surface area contributed by atoms with Gasteiger partial charge in [-0.1, -0.05) is 17.7 Å². The number of methoxy groups -OCH3 is 2. The Bertz CT molecular complexity index is 881. The Kier molecular flexibility index (Phi) is 4.76. The number of fused-ring (bicyclic) bond motifs is 1. The van der Waals surface area contributed by atoms with Gasteiger partial charge >= 0.3 is 0 Å². The van der Waals surface area contributed by atoms with Crippen LogP contribution in [0.3, 0.4) is 0 Å². The number of hydrogen-bond donors (Lipinski definition) is 1. The van der Waals surface area contributed by atoms with Crippen molar-refractivity contribution in [2.24, 2.45) is 0 Å². The lowest BCUT2D eigenvalue weighted by molar-refractivity contribution is 0.356. The van der Waals surface area contributed by atoms with Crippen molar-refractivity contribution < 1.29 is 9.47 Å². The zero-order valence-electron chi connectivity index (χ0n) is 13.9. The van der Waals surface area contributed by atoms with Gasteiger partial charge in [0.05, 0.1) is 19.7 Å². The lowest BCUT2D eigenvalue weighted by atomic mass is 10.0. The first-order valence-electron chi connectivity index (χ1n) is 7.62. The Morgan fingerprint density at radius 3 is 2.42 bits per heavy atom. The van der Waals surface area contributed by atoms with E-state index in [4.69, 9.17) is 21.1 Å². The fourth-order valence-corrected chi connectivity index (χ4v) is 2.98. The molecule has 1 heterocycles. The summed E-state index contributed by atoms with van der Waals surface area (Å²) in [5.41, 5.74) is 4.07. The Labute approximate surface area is 146 Å². The van der Waals surface area contributed by atoms with E-state index < -0.39 is 0 Å². The van der Waals surface area contributed by atoms with Crippen molar-refractivity contribution in [2.45, 2.75) is 6.42 Å². The van der Waals surface area contributed by atoms with Gasteiger partial charge in [-0.3, -0.25) is 4.98 Å². The zero-order valence-corrected chi connectivity index (χ0v) is 14.6. The Morgan fingerprint density at radius 2 is 1.75 bits per heavy atom. The molecule has 0 aliphatic rings. The van der Waals surface area contributed by atoms with Crippen LogP contribution >= 0.6 is 11.6 Å². The molecule has 0 fully saturated rings. The highest BCUT2D eigenvalue weighted by atomic mass is 35.5. The van der Waals surface area contributed by atoms with Crippen molar-refractivity contribution in [2.75, 3.05) is 26.6 Å². The largest absolute Gasteiger partial charge is 0.493 e. The summed E-state index contributed by atoms with van der Waals surface area (Å²) in [6, 6.07) is 11.9. The number of ether oxygens (including phenoxy) is 2. The number of rotatable bonds is 5. The van der Waals surface area contributed by atoms with Crippen molar-refractivity contribution >= 4 is 28.2 Å². The van der Waals surface area contributed by atoms with Crippen LogP contribution in [-0.2, 0) is 6.42 Å². The minimum absolute atomic E-state index is 0.672. The smallest absolute Gasteiger partial charge is 0.162 e. The van der Waals surface area contributed by atoms with Crippen LogP contribution in [0.25, 0.3) is 10.9 Å².